The lowest BCUT2D eigenvalue weighted by Crippen LogP contribution is -2.16. The Balaban J connectivity index is 2.10. The third-order valence-electron chi connectivity index (χ3n) is 3.19. The topological polar surface area (TPSA) is 43.4 Å². The molecule has 0 radical (unpaired) electrons. The summed E-state index contributed by atoms with van der Waals surface area (Å²) in [7, 11) is 1.67. The van der Waals surface area contributed by atoms with Crippen LogP contribution in [-0.4, -0.2) is 25.2 Å². The summed E-state index contributed by atoms with van der Waals surface area (Å²) in [5, 5.41) is 3.34. The Labute approximate surface area is 112 Å². The molecule has 2 aromatic rings. The van der Waals surface area contributed by atoms with Crippen molar-refractivity contribution in [3.05, 3.63) is 42.2 Å². The minimum Gasteiger partial charge on any atom is -0.493 e. The van der Waals surface area contributed by atoms with Crippen LogP contribution in [0.2, 0.25) is 0 Å². The molecule has 1 aromatic carbocycles. The summed E-state index contributed by atoms with van der Waals surface area (Å²) in [5.41, 5.74) is 3.29. The highest BCUT2D eigenvalue weighted by Gasteiger charge is 2.16. The number of methoxy groups -OCH3 is 1. The molecule has 3 rings (SSSR count). The van der Waals surface area contributed by atoms with Crippen molar-refractivity contribution in [2.45, 2.75) is 6.54 Å². The molecule has 4 heteroatoms. The number of nitrogens with zero attached hydrogens (tertiary/aromatic N) is 1. The summed E-state index contributed by atoms with van der Waals surface area (Å²) in [6.45, 7) is 2.30. The van der Waals surface area contributed by atoms with Crippen LogP contribution in [0.4, 0.5) is 0 Å². The van der Waals surface area contributed by atoms with Crippen molar-refractivity contribution >= 4 is 0 Å². The zero-order chi connectivity index (χ0) is 13.1. The molecular formula is C15H16N2O2. The molecule has 19 heavy (non-hydrogen) atoms. The maximum Gasteiger partial charge on any atom is 0.165 e. The Morgan fingerprint density at radius 1 is 1.32 bits per heavy atom. The lowest BCUT2D eigenvalue weighted by molar-refractivity contribution is 0.302. The van der Waals surface area contributed by atoms with Gasteiger partial charge in [0.05, 0.1) is 7.11 Å². The molecular weight excluding hydrogens is 240 g/mol. The molecule has 0 saturated carbocycles. The monoisotopic (exact) mass is 256 g/mol. The molecule has 2 heterocycles. The normalized spacial score (nSPS) is 14.2. The number of nitrogens with one attached hydrogen (secondary N) is 1. The second-order valence-electron chi connectivity index (χ2n) is 4.43. The van der Waals surface area contributed by atoms with Gasteiger partial charge in [-0.2, -0.15) is 0 Å². The molecule has 4 nitrogen and oxygen atoms in total. The number of rotatable bonds is 2. The van der Waals surface area contributed by atoms with Crippen LogP contribution >= 0.6 is 0 Å². The van der Waals surface area contributed by atoms with E-state index in [1.165, 1.54) is 0 Å². The van der Waals surface area contributed by atoms with E-state index in [9.17, 15) is 0 Å². The number of hydrogen-bond acceptors (Lipinski definition) is 4. The fourth-order valence-corrected chi connectivity index (χ4v) is 2.26. The van der Waals surface area contributed by atoms with Crippen LogP contribution in [0, 0.1) is 0 Å². The largest absolute Gasteiger partial charge is 0.493 e. The predicted molar refractivity (Wildman–Crippen MR) is 73.4 cm³/mol. The summed E-state index contributed by atoms with van der Waals surface area (Å²) < 4.78 is 11.2. The van der Waals surface area contributed by atoms with Gasteiger partial charge in [0.15, 0.2) is 11.5 Å². The molecule has 0 saturated heterocycles. The molecule has 0 spiro atoms. The quantitative estimate of drug-likeness (QED) is 0.895. The van der Waals surface area contributed by atoms with Crippen molar-refractivity contribution in [1.82, 2.24) is 10.3 Å². The molecule has 1 aliphatic rings. The van der Waals surface area contributed by atoms with Crippen molar-refractivity contribution in [2.75, 3.05) is 20.3 Å². The van der Waals surface area contributed by atoms with E-state index in [1.807, 2.05) is 24.4 Å². The highest BCUT2D eigenvalue weighted by atomic mass is 16.5. The maximum atomic E-state index is 5.76. The molecule has 0 fully saturated rings. The standard InChI is InChI=1S/C15H16N2O2/c1-18-14-8-12(11-3-2-4-16-9-11)7-13-10-17-5-6-19-15(13)14/h2-4,7-9,17H,5-6,10H2,1H3. The minimum absolute atomic E-state index is 0.662. The van der Waals surface area contributed by atoms with E-state index in [4.69, 9.17) is 9.47 Å². The Morgan fingerprint density at radius 3 is 3.05 bits per heavy atom. The number of ether oxygens (including phenoxy) is 2. The van der Waals surface area contributed by atoms with E-state index in [0.717, 1.165) is 41.3 Å². The van der Waals surface area contributed by atoms with Crippen LogP contribution in [-0.2, 0) is 6.54 Å². The van der Waals surface area contributed by atoms with Crippen molar-refractivity contribution in [3.63, 3.8) is 0 Å². The van der Waals surface area contributed by atoms with E-state index < -0.39 is 0 Å². The molecule has 0 amide bonds. The van der Waals surface area contributed by atoms with Gasteiger partial charge in [0.25, 0.3) is 0 Å². The first-order valence-corrected chi connectivity index (χ1v) is 6.33. The fraction of sp³-hybridized carbons (Fsp3) is 0.267. The van der Waals surface area contributed by atoms with Gasteiger partial charge in [-0.05, 0) is 23.8 Å². The molecule has 0 bridgehead atoms. The minimum atomic E-state index is 0.662. The van der Waals surface area contributed by atoms with Crippen LogP contribution < -0.4 is 14.8 Å². The van der Waals surface area contributed by atoms with Gasteiger partial charge in [0.2, 0.25) is 0 Å². The molecule has 0 unspecified atom stereocenters. The summed E-state index contributed by atoms with van der Waals surface area (Å²) in [6, 6.07) is 8.11. The van der Waals surface area contributed by atoms with Crippen LogP contribution in [0.5, 0.6) is 11.5 Å². The number of benzene rings is 1. The second-order valence-corrected chi connectivity index (χ2v) is 4.43. The molecule has 0 aliphatic carbocycles. The summed E-state index contributed by atoms with van der Waals surface area (Å²) in [5.74, 6) is 1.63. The van der Waals surface area contributed by atoms with Crippen LogP contribution in [0.1, 0.15) is 5.56 Å². The molecule has 98 valence electrons. The van der Waals surface area contributed by atoms with Gasteiger partial charge in [0, 0.05) is 36.6 Å². The third kappa shape index (κ3) is 2.39. The lowest BCUT2D eigenvalue weighted by atomic mass is 10.0. The number of pyridine rings is 1. The van der Waals surface area contributed by atoms with E-state index in [1.54, 1.807) is 13.3 Å². The smallest absolute Gasteiger partial charge is 0.165 e. The molecule has 1 aromatic heterocycles. The van der Waals surface area contributed by atoms with Crippen molar-refractivity contribution in [1.29, 1.82) is 0 Å². The van der Waals surface area contributed by atoms with E-state index in [2.05, 4.69) is 16.4 Å². The van der Waals surface area contributed by atoms with E-state index in [0.29, 0.717) is 6.61 Å². The number of fused-ring (bicyclic) bond motifs is 1. The van der Waals surface area contributed by atoms with Crippen molar-refractivity contribution in [3.8, 4) is 22.6 Å². The first-order valence-electron chi connectivity index (χ1n) is 6.33. The van der Waals surface area contributed by atoms with Crippen LogP contribution in [0.25, 0.3) is 11.1 Å². The zero-order valence-electron chi connectivity index (χ0n) is 10.8. The lowest BCUT2D eigenvalue weighted by Gasteiger charge is -2.14. The number of hydrogen-bond donors (Lipinski definition) is 1. The summed E-state index contributed by atoms with van der Waals surface area (Å²) in [6.07, 6.45) is 3.63. The van der Waals surface area contributed by atoms with Gasteiger partial charge in [0.1, 0.15) is 6.61 Å². The Morgan fingerprint density at radius 2 is 2.26 bits per heavy atom. The highest BCUT2D eigenvalue weighted by molar-refractivity contribution is 5.68. The van der Waals surface area contributed by atoms with Crippen LogP contribution in [0.3, 0.4) is 0 Å². The first kappa shape index (κ1) is 12.0. The third-order valence-corrected chi connectivity index (χ3v) is 3.19. The van der Waals surface area contributed by atoms with E-state index >= 15 is 0 Å². The fourth-order valence-electron chi connectivity index (χ4n) is 2.26. The second kappa shape index (κ2) is 5.28. The average molecular weight is 256 g/mol. The Bertz CT molecular complexity index is 570. The summed E-state index contributed by atoms with van der Waals surface area (Å²) in [4.78, 5) is 4.16. The first-order chi connectivity index (χ1) is 9.38. The number of aromatic nitrogens is 1. The van der Waals surface area contributed by atoms with Gasteiger partial charge in [-0.1, -0.05) is 6.07 Å². The Hall–Kier alpha value is -2.07. The van der Waals surface area contributed by atoms with E-state index in [-0.39, 0.29) is 0 Å². The maximum absolute atomic E-state index is 5.76. The predicted octanol–water partition coefficient (Wildman–Crippen LogP) is 2.24. The molecule has 0 atom stereocenters. The van der Waals surface area contributed by atoms with Gasteiger partial charge < -0.3 is 14.8 Å². The summed E-state index contributed by atoms with van der Waals surface area (Å²) >= 11 is 0. The zero-order valence-corrected chi connectivity index (χ0v) is 10.8. The SMILES string of the molecule is COc1cc(-c2cccnc2)cc2c1OCCNC2. The average Bonchev–Trinajstić information content (AvgIpc) is 2.72. The molecule has 1 aliphatic heterocycles. The van der Waals surface area contributed by atoms with Gasteiger partial charge in [-0.15, -0.1) is 0 Å². The van der Waals surface area contributed by atoms with Crippen molar-refractivity contribution < 1.29 is 9.47 Å². The van der Waals surface area contributed by atoms with Crippen LogP contribution in [0.15, 0.2) is 36.7 Å². The van der Waals surface area contributed by atoms with Gasteiger partial charge in [-0.25, -0.2) is 0 Å². The highest BCUT2D eigenvalue weighted by Crippen LogP contribution is 2.37. The Kier molecular flexibility index (Phi) is 3.33. The van der Waals surface area contributed by atoms with Crippen molar-refractivity contribution in [2.24, 2.45) is 0 Å². The van der Waals surface area contributed by atoms with Gasteiger partial charge in [-0.3, -0.25) is 4.98 Å². The molecule has 1 N–H and O–H groups in total. The van der Waals surface area contributed by atoms with Gasteiger partial charge >= 0.3 is 0 Å².